The molecule has 0 saturated heterocycles. The molecule has 1 amide bonds. The van der Waals surface area contributed by atoms with Crippen LogP contribution in [0.3, 0.4) is 0 Å². The van der Waals surface area contributed by atoms with Crippen LogP contribution in [0.15, 0.2) is 0 Å². The van der Waals surface area contributed by atoms with E-state index in [4.69, 9.17) is 4.74 Å². The first kappa shape index (κ1) is 13.1. The number of amides is 1. The van der Waals surface area contributed by atoms with E-state index in [9.17, 15) is 18.0 Å². The van der Waals surface area contributed by atoms with Gasteiger partial charge in [0.15, 0.2) is 6.61 Å². The molecule has 0 heterocycles. The van der Waals surface area contributed by atoms with Gasteiger partial charge in [0.25, 0.3) is 0 Å². The summed E-state index contributed by atoms with van der Waals surface area (Å²) in [4.78, 5) is 10.9. The minimum Gasteiger partial charge on any atom is -0.440 e. The summed E-state index contributed by atoms with van der Waals surface area (Å²) in [6, 6.07) is 0. The minimum atomic E-state index is -4.49. The second kappa shape index (κ2) is 4.90. The van der Waals surface area contributed by atoms with E-state index in [2.05, 4.69) is 10.1 Å². The molecule has 0 radical (unpaired) electrons. The molecule has 0 aromatic heterocycles. The summed E-state index contributed by atoms with van der Waals surface area (Å²) < 4.78 is 44.3. The Morgan fingerprint density at radius 2 is 2.06 bits per heavy atom. The zero-order chi connectivity index (χ0) is 12.2. The third-order valence-corrected chi connectivity index (χ3v) is 2.62. The Balaban J connectivity index is 2.20. The van der Waals surface area contributed by atoms with E-state index in [1.165, 1.54) is 7.11 Å². The molecule has 0 atom stereocenters. The number of alkyl carbamates (subject to hydrolysis) is 1. The molecule has 0 unspecified atom stereocenters. The predicted octanol–water partition coefficient (Wildman–Crippen LogP) is 1.84. The maximum atomic E-state index is 11.7. The number of carbonyl (C=O) groups is 1. The monoisotopic (exact) mass is 241 g/mol. The molecule has 94 valence electrons. The quantitative estimate of drug-likeness (QED) is 0.817. The van der Waals surface area contributed by atoms with Crippen molar-refractivity contribution < 1.29 is 27.4 Å². The van der Waals surface area contributed by atoms with Crippen molar-refractivity contribution in [2.24, 2.45) is 0 Å². The molecule has 4 nitrogen and oxygen atoms in total. The molecule has 16 heavy (non-hydrogen) atoms. The van der Waals surface area contributed by atoms with Crippen molar-refractivity contribution in [3.63, 3.8) is 0 Å². The summed E-state index contributed by atoms with van der Waals surface area (Å²) >= 11 is 0. The number of hydrogen-bond acceptors (Lipinski definition) is 3. The average molecular weight is 241 g/mol. The molecule has 0 aliphatic heterocycles. The van der Waals surface area contributed by atoms with Crippen molar-refractivity contribution in [2.75, 3.05) is 20.3 Å². The molecule has 0 spiro atoms. The predicted molar refractivity (Wildman–Crippen MR) is 49.0 cm³/mol. The lowest BCUT2D eigenvalue weighted by atomic mass is 9.80. The highest BCUT2D eigenvalue weighted by Gasteiger charge is 2.37. The molecule has 0 aromatic rings. The standard InChI is InChI=1S/C9H14F3NO3/c1-15-8(3-2-4-8)5-13-7(14)16-6-9(10,11)12/h2-6H2,1H3,(H,13,14). The number of rotatable bonds is 4. The molecule has 1 N–H and O–H groups in total. The SMILES string of the molecule is COC1(CNC(=O)OCC(F)(F)F)CCC1. The summed E-state index contributed by atoms with van der Waals surface area (Å²) in [6.07, 6.45) is -2.98. The molecule has 0 aromatic carbocycles. The van der Waals surface area contributed by atoms with E-state index >= 15 is 0 Å². The van der Waals surface area contributed by atoms with Crippen molar-refractivity contribution in [3.8, 4) is 0 Å². The average Bonchev–Trinajstić information content (AvgIpc) is 2.13. The zero-order valence-corrected chi connectivity index (χ0v) is 8.89. The van der Waals surface area contributed by atoms with Crippen molar-refractivity contribution in [1.82, 2.24) is 5.32 Å². The molecule has 7 heteroatoms. The Kier molecular flexibility index (Phi) is 4.01. The second-order valence-corrected chi connectivity index (χ2v) is 3.79. The fourth-order valence-electron chi connectivity index (χ4n) is 1.46. The Hall–Kier alpha value is -0.980. The number of ether oxygens (including phenoxy) is 2. The van der Waals surface area contributed by atoms with E-state index in [0.717, 1.165) is 19.3 Å². The van der Waals surface area contributed by atoms with Crippen molar-refractivity contribution in [2.45, 2.75) is 31.0 Å². The lowest BCUT2D eigenvalue weighted by Crippen LogP contribution is -2.49. The molecular formula is C9H14F3NO3. The largest absolute Gasteiger partial charge is 0.440 e. The second-order valence-electron chi connectivity index (χ2n) is 3.79. The van der Waals surface area contributed by atoms with Gasteiger partial charge in [-0.25, -0.2) is 4.79 Å². The lowest BCUT2D eigenvalue weighted by Gasteiger charge is -2.40. The Labute approximate surface area is 91.1 Å². The number of carbonyl (C=O) groups excluding carboxylic acids is 1. The van der Waals surface area contributed by atoms with Gasteiger partial charge in [-0.15, -0.1) is 0 Å². The molecule has 1 aliphatic carbocycles. The number of hydrogen-bond donors (Lipinski definition) is 1. The van der Waals surface area contributed by atoms with Gasteiger partial charge in [-0.3, -0.25) is 0 Å². The van der Waals surface area contributed by atoms with Gasteiger partial charge in [-0.2, -0.15) is 13.2 Å². The fraction of sp³-hybridized carbons (Fsp3) is 0.889. The fourth-order valence-corrected chi connectivity index (χ4v) is 1.46. The van der Waals surface area contributed by atoms with E-state index in [1.54, 1.807) is 0 Å². The van der Waals surface area contributed by atoms with Crippen LogP contribution < -0.4 is 5.32 Å². The van der Waals surface area contributed by atoms with Gasteiger partial charge >= 0.3 is 12.3 Å². The van der Waals surface area contributed by atoms with Crippen LogP contribution >= 0.6 is 0 Å². The van der Waals surface area contributed by atoms with Crippen LogP contribution in [0.4, 0.5) is 18.0 Å². The minimum absolute atomic E-state index is 0.181. The van der Waals surface area contributed by atoms with E-state index in [1.807, 2.05) is 0 Å². The van der Waals surface area contributed by atoms with E-state index in [0.29, 0.717) is 0 Å². The maximum absolute atomic E-state index is 11.7. The van der Waals surface area contributed by atoms with Gasteiger partial charge in [0, 0.05) is 13.7 Å². The number of methoxy groups -OCH3 is 1. The number of nitrogens with one attached hydrogen (secondary N) is 1. The smallest absolute Gasteiger partial charge is 0.422 e. The third kappa shape index (κ3) is 3.88. The van der Waals surface area contributed by atoms with Gasteiger partial charge in [0.1, 0.15) is 0 Å². The van der Waals surface area contributed by atoms with Gasteiger partial charge in [0.05, 0.1) is 5.60 Å². The van der Waals surface area contributed by atoms with Crippen LogP contribution in [-0.2, 0) is 9.47 Å². The van der Waals surface area contributed by atoms with Crippen LogP contribution in [-0.4, -0.2) is 38.1 Å². The van der Waals surface area contributed by atoms with Crippen molar-refractivity contribution >= 4 is 6.09 Å². The van der Waals surface area contributed by atoms with Crippen LogP contribution in [0.25, 0.3) is 0 Å². The lowest BCUT2D eigenvalue weighted by molar-refractivity contribution is -0.160. The van der Waals surface area contributed by atoms with Crippen LogP contribution in [0, 0.1) is 0 Å². The Morgan fingerprint density at radius 3 is 2.44 bits per heavy atom. The van der Waals surface area contributed by atoms with Gasteiger partial charge in [-0.05, 0) is 19.3 Å². The summed E-state index contributed by atoms with van der Waals surface area (Å²) in [7, 11) is 1.52. The molecule has 1 saturated carbocycles. The van der Waals surface area contributed by atoms with Crippen LogP contribution in [0.1, 0.15) is 19.3 Å². The van der Waals surface area contributed by atoms with E-state index in [-0.39, 0.29) is 6.54 Å². The number of halogens is 3. The first-order valence-corrected chi connectivity index (χ1v) is 4.89. The van der Waals surface area contributed by atoms with Crippen LogP contribution in [0.2, 0.25) is 0 Å². The van der Waals surface area contributed by atoms with Gasteiger partial charge in [0.2, 0.25) is 0 Å². The summed E-state index contributed by atoms with van der Waals surface area (Å²) in [5, 5.41) is 2.26. The Bertz CT molecular complexity index is 245. The Morgan fingerprint density at radius 1 is 1.44 bits per heavy atom. The highest BCUT2D eigenvalue weighted by molar-refractivity contribution is 5.67. The van der Waals surface area contributed by atoms with Crippen molar-refractivity contribution in [1.29, 1.82) is 0 Å². The topological polar surface area (TPSA) is 47.6 Å². The first-order chi connectivity index (χ1) is 7.37. The number of alkyl halides is 3. The van der Waals surface area contributed by atoms with Crippen LogP contribution in [0.5, 0.6) is 0 Å². The summed E-state index contributed by atoms with van der Waals surface area (Å²) in [5.74, 6) is 0. The van der Waals surface area contributed by atoms with Gasteiger partial charge < -0.3 is 14.8 Å². The third-order valence-electron chi connectivity index (χ3n) is 2.62. The molecular weight excluding hydrogens is 227 g/mol. The zero-order valence-electron chi connectivity index (χ0n) is 8.89. The maximum Gasteiger partial charge on any atom is 0.422 e. The molecule has 1 aliphatic rings. The van der Waals surface area contributed by atoms with E-state index < -0.39 is 24.5 Å². The molecule has 1 fully saturated rings. The normalized spacial score (nSPS) is 18.8. The summed E-state index contributed by atoms with van der Waals surface area (Å²) in [5.41, 5.74) is -0.419. The van der Waals surface area contributed by atoms with Crippen molar-refractivity contribution in [3.05, 3.63) is 0 Å². The first-order valence-electron chi connectivity index (χ1n) is 4.89. The summed E-state index contributed by atoms with van der Waals surface area (Å²) in [6.45, 7) is -1.39. The van der Waals surface area contributed by atoms with Gasteiger partial charge in [-0.1, -0.05) is 0 Å². The molecule has 1 rings (SSSR count). The molecule has 0 bridgehead atoms. The highest BCUT2D eigenvalue weighted by atomic mass is 19.4. The highest BCUT2D eigenvalue weighted by Crippen LogP contribution is 2.34.